The molecule has 0 aliphatic heterocycles. The van der Waals surface area contributed by atoms with Crippen molar-refractivity contribution in [2.24, 2.45) is 0 Å². The van der Waals surface area contributed by atoms with Gasteiger partial charge in [-0.25, -0.2) is 0 Å². The van der Waals surface area contributed by atoms with Crippen molar-refractivity contribution in [1.82, 2.24) is 5.32 Å². The molecule has 0 aliphatic rings. The third-order valence-electron chi connectivity index (χ3n) is 3.54. The van der Waals surface area contributed by atoms with Crippen LogP contribution >= 0.6 is 0 Å². The molecule has 2 N–H and O–H groups in total. The molecule has 1 amide bonds. The van der Waals surface area contributed by atoms with Crippen LogP contribution in [0, 0.1) is 12.3 Å². The van der Waals surface area contributed by atoms with Crippen LogP contribution in [0.2, 0.25) is 0 Å². The van der Waals surface area contributed by atoms with Gasteiger partial charge in [-0.05, 0) is 36.2 Å². The van der Waals surface area contributed by atoms with Gasteiger partial charge in [0.2, 0.25) is 5.91 Å². The zero-order chi connectivity index (χ0) is 17.2. The normalized spacial score (nSPS) is 10.0. The fourth-order valence-electron chi connectivity index (χ4n) is 2.24. The fourth-order valence-corrected chi connectivity index (χ4v) is 2.24. The van der Waals surface area contributed by atoms with Gasteiger partial charge in [0.15, 0.2) is 0 Å². The molecule has 4 heteroatoms. The number of amides is 1. The summed E-state index contributed by atoms with van der Waals surface area (Å²) in [7, 11) is 0. The third kappa shape index (κ3) is 5.45. The average molecular weight is 322 g/mol. The van der Waals surface area contributed by atoms with Crippen molar-refractivity contribution in [2.45, 2.75) is 20.1 Å². The number of ether oxygens (including phenoxy) is 1. The SMILES string of the molecule is C#Cc1cccc(NCC(=O)NCc2ccccc2COCC)c1. The van der Waals surface area contributed by atoms with Gasteiger partial charge in [0.25, 0.3) is 0 Å². The van der Waals surface area contributed by atoms with Crippen LogP contribution in [0.4, 0.5) is 5.69 Å². The van der Waals surface area contributed by atoms with Crippen molar-refractivity contribution in [2.75, 3.05) is 18.5 Å². The summed E-state index contributed by atoms with van der Waals surface area (Å²) in [6.45, 7) is 3.86. The molecule has 0 aliphatic carbocycles. The molecule has 2 aromatic carbocycles. The molecule has 0 aromatic heterocycles. The van der Waals surface area contributed by atoms with Crippen LogP contribution in [0.15, 0.2) is 48.5 Å². The topological polar surface area (TPSA) is 50.4 Å². The molecule has 4 nitrogen and oxygen atoms in total. The van der Waals surface area contributed by atoms with Crippen molar-refractivity contribution in [1.29, 1.82) is 0 Å². The largest absolute Gasteiger partial charge is 0.377 e. The predicted molar refractivity (Wildman–Crippen MR) is 96.5 cm³/mol. The zero-order valence-electron chi connectivity index (χ0n) is 13.8. The molecule has 24 heavy (non-hydrogen) atoms. The van der Waals surface area contributed by atoms with Crippen molar-refractivity contribution >= 4 is 11.6 Å². The number of nitrogens with one attached hydrogen (secondary N) is 2. The lowest BCUT2D eigenvalue weighted by molar-refractivity contribution is -0.119. The highest BCUT2D eigenvalue weighted by Crippen LogP contribution is 2.11. The minimum atomic E-state index is -0.0766. The van der Waals surface area contributed by atoms with Crippen LogP contribution in [-0.4, -0.2) is 19.1 Å². The Labute approximate surface area is 143 Å². The Morgan fingerprint density at radius 2 is 1.96 bits per heavy atom. The van der Waals surface area contributed by atoms with E-state index in [4.69, 9.17) is 11.2 Å². The lowest BCUT2D eigenvalue weighted by atomic mass is 10.1. The van der Waals surface area contributed by atoms with Crippen molar-refractivity contribution < 1.29 is 9.53 Å². The molecule has 0 fully saturated rings. The van der Waals surface area contributed by atoms with E-state index in [-0.39, 0.29) is 12.5 Å². The summed E-state index contributed by atoms with van der Waals surface area (Å²) in [5, 5.41) is 5.99. The molecule has 0 unspecified atom stereocenters. The van der Waals surface area contributed by atoms with Gasteiger partial charge in [-0.3, -0.25) is 4.79 Å². The molecule has 0 saturated heterocycles. The summed E-state index contributed by atoms with van der Waals surface area (Å²) in [5.41, 5.74) is 3.77. The minimum absolute atomic E-state index is 0.0766. The zero-order valence-corrected chi connectivity index (χ0v) is 13.8. The van der Waals surface area contributed by atoms with Gasteiger partial charge in [-0.2, -0.15) is 0 Å². The second-order valence-corrected chi connectivity index (χ2v) is 5.26. The maximum atomic E-state index is 12.0. The molecule has 0 spiro atoms. The second kappa shape index (κ2) is 9.39. The fraction of sp³-hybridized carbons (Fsp3) is 0.250. The third-order valence-corrected chi connectivity index (χ3v) is 3.54. The van der Waals surface area contributed by atoms with Crippen LogP contribution in [0.1, 0.15) is 23.6 Å². The molecule has 0 radical (unpaired) electrons. The number of hydrogen-bond acceptors (Lipinski definition) is 3. The van der Waals surface area contributed by atoms with E-state index in [9.17, 15) is 4.79 Å². The first-order valence-electron chi connectivity index (χ1n) is 7.94. The number of carbonyl (C=O) groups is 1. The number of rotatable bonds is 8. The Kier molecular flexibility index (Phi) is 6.88. The Morgan fingerprint density at radius 3 is 2.71 bits per heavy atom. The Balaban J connectivity index is 1.84. The quantitative estimate of drug-likeness (QED) is 0.735. The molecule has 2 aromatic rings. The van der Waals surface area contributed by atoms with Gasteiger partial charge in [0.1, 0.15) is 0 Å². The van der Waals surface area contributed by atoms with Crippen molar-refractivity contribution in [3.63, 3.8) is 0 Å². The molecular weight excluding hydrogens is 300 g/mol. The number of terminal acetylenes is 1. The van der Waals surface area contributed by atoms with E-state index in [0.29, 0.717) is 19.8 Å². The maximum Gasteiger partial charge on any atom is 0.239 e. The first-order chi connectivity index (χ1) is 11.7. The van der Waals surface area contributed by atoms with Gasteiger partial charge >= 0.3 is 0 Å². The van der Waals surface area contributed by atoms with Crippen LogP contribution in [-0.2, 0) is 22.7 Å². The number of benzene rings is 2. The van der Waals surface area contributed by atoms with Crippen molar-refractivity contribution in [3.8, 4) is 12.3 Å². The maximum absolute atomic E-state index is 12.0. The summed E-state index contributed by atoms with van der Waals surface area (Å²) in [6.07, 6.45) is 5.37. The highest BCUT2D eigenvalue weighted by atomic mass is 16.5. The van der Waals surface area contributed by atoms with Crippen LogP contribution in [0.5, 0.6) is 0 Å². The van der Waals surface area contributed by atoms with Crippen LogP contribution in [0.25, 0.3) is 0 Å². The Bertz CT molecular complexity index is 720. The van der Waals surface area contributed by atoms with E-state index < -0.39 is 0 Å². The number of anilines is 1. The average Bonchev–Trinajstić information content (AvgIpc) is 2.63. The van der Waals surface area contributed by atoms with E-state index >= 15 is 0 Å². The summed E-state index contributed by atoms with van der Waals surface area (Å²) < 4.78 is 5.45. The smallest absolute Gasteiger partial charge is 0.239 e. The summed E-state index contributed by atoms with van der Waals surface area (Å²) in [6, 6.07) is 15.4. The number of hydrogen-bond donors (Lipinski definition) is 2. The summed E-state index contributed by atoms with van der Waals surface area (Å²) in [4.78, 5) is 12.0. The second-order valence-electron chi connectivity index (χ2n) is 5.26. The molecular formula is C20H22N2O2. The lowest BCUT2D eigenvalue weighted by Crippen LogP contribution is -2.29. The van der Waals surface area contributed by atoms with E-state index in [0.717, 1.165) is 22.4 Å². The highest BCUT2D eigenvalue weighted by molar-refractivity contribution is 5.80. The van der Waals surface area contributed by atoms with E-state index in [2.05, 4.69) is 16.6 Å². The Morgan fingerprint density at radius 1 is 1.17 bits per heavy atom. The standard InChI is InChI=1S/C20H22N2O2/c1-3-16-8-7-11-19(12-16)21-14-20(23)22-13-17-9-5-6-10-18(17)15-24-4-2/h1,5-12,21H,4,13-15H2,2H3,(H,22,23). The lowest BCUT2D eigenvalue weighted by Gasteiger charge is -2.11. The van der Waals surface area contributed by atoms with E-state index in [1.54, 1.807) is 0 Å². The monoisotopic (exact) mass is 322 g/mol. The predicted octanol–water partition coefficient (Wildman–Crippen LogP) is 2.93. The van der Waals surface area contributed by atoms with Gasteiger partial charge < -0.3 is 15.4 Å². The molecule has 2 rings (SSSR count). The summed E-state index contributed by atoms with van der Waals surface area (Å²) in [5.74, 6) is 2.50. The van der Waals surface area contributed by atoms with Crippen LogP contribution < -0.4 is 10.6 Å². The Hall–Kier alpha value is -2.77. The van der Waals surface area contributed by atoms with Gasteiger partial charge in [0.05, 0.1) is 13.2 Å². The van der Waals surface area contributed by atoms with Crippen LogP contribution in [0.3, 0.4) is 0 Å². The minimum Gasteiger partial charge on any atom is -0.377 e. The van der Waals surface area contributed by atoms with Gasteiger partial charge in [0, 0.05) is 24.4 Å². The van der Waals surface area contributed by atoms with E-state index in [1.165, 1.54) is 0 Å². The van der Waals surface area contributed by atoms with E-state index in [1.807, 2.05) is 55.5 Å². The highest BCUT2D eigenvalue weighted by Gasteiger charge is 2.05. The molecule has 0 bridgehead atoms. The molecule has 0 heterocycles. The number of carbonyl (C=O) groups excluding carboxylic acids is 1. The summed E-state index contributed by atoms with van der Waals surface area (Å²) >= 11 is 0. The molecule has 0 atom stereocenters. The van der Waals surface area contributed by atoms with Crippen molar-refractivity contribution in [3.05, 3.63) is 65.2 Å². The first-order valence-corrected chi connectivity index (χ1v) is 7.94. The molecule has 124 valence electrons. The molecule has 0 saturated carbocycles. The van der Waals surface area contributed by atoms with Gasteiger partial charge in [-0.1, -0.05) is 36.3 Å². The first kappa shape index (κ1) is 17.6. The van der Waals surface area contributed by atoms with Gasteiger partial charge in [-0.15, -0.1) is 6.42 Å².